The van der Waals surface area contributed by atoms with Crippen molar-refractivity contribution in [2.45, 2.75) is 6.54 Å². The number of nitriles is 1. The van der Waals surface area contributed by atoms with Gasteiger partial charge in [-0.1, -0.05) is 0 Å². The molecule has 0 aliphatic carbocycles. The van der Waals surface area contributed by atoms with Gasteiger partial charge in [0.1, 0.15) is 17.6 Å². The van der Waals surface area contributed by atoms with Crippen molar-refractivity contribution in [1.29, 1.82) is 5.26 Å². The van der Waals surface area contributed by atoms with Gasteiger partial charge in [0.25, 0.3) is 0 Å². The van der Waals surface area contributed by atoms with Gasteiger partial charge in [-0.3, -0.25) is 0 Å². The molecule has 2 aromatic rings. The lowest BCUT2D eigenvalue weighted by molar-refractivity contribution is 0.409. The van der Waals surface area contributed by atoms with Crippen LogP contribution in [0, 0.1) is 17.1 Å². The number of rotatable bonds is 4. The van der Waals surface area contributed by atoms with Crippen LogP contribution >= 0.6 is 31.9 Å². The smallest absolute Gasteiger partial charge is 0.147 e. The van der Waals surface area contributed by atoms with E-state index >= 15 is 0 Å². The molecule has 0 saturated carbocycles. The van der Waals surface area contributed by atoms with Crippen molar-refractivity contribution in [2.24, 2.45) is 0 Å². The molecule has 6 heteroatoms. The fourth-order valence-electron chi connectivity index (χ4n) is 1.83. The second-order valence-electron chi connectivity index (χ2n) is 4.25. The number of hydrogen-bond acceptors (Lipinski definition) is 3. The topological polar surface area (TPSA) is 45.0 Å². The Bertz CT molecular complexity index is 690. The molecule has 0 radical (unpaired) electrons. The van der Waals surface area contributed by atoms with E-state index in [9.17, 15) is 4.39 Å². The number of methoxy groups -OCH3 is 1. The maximum Gasteiger partial charge on any atom is 0.147 e. The summed E-state index contributed by atoms with van der Waals surface area (Å²) in [6, 6.07) is 10.1. The van der Waals surface area contributed by atoms with E-state index in [1.807, 2.05) is 18.2 Å². The van der Waals surface area contributed by atoms with Crippen LogP contribution in [-0.2, 0) is 6.54 Å². The van der Waals surface area contributed by atoms with Crippen LogP contribution in [0.15, 0.2) is 39.3 Å². The number of anilines is 1. The van der Waals surface area contributed by atoms with Gasteiger partial charge >= 0.3 is 0 Å². The van der Waals surface area contributed by atoms with Crippen molar-refractivity contribution in [1.82, 2.24) is 0 Å². The molecule has 108 valence electrons. The first-order valence-corrected chi connectivity index (χ1v) is 7.59. The van der Waals surface area contributed by atoms with Gasteiger partial charge in [0.05, 0.1) is 21.6 Å². The van der Waals surface area contributed by atoms with Crippen molar-refractivity contribution in [3.05, 3.63) is 56.2 Å². The summed E-state index contributed by atoms with van der Waals surface area (Å²) in [6.07, 6.45) is 0. The SMILES string of the molecule is COc1c(Br)cc(CNc2ccc(F)c(C#N)c2)cc1Br. The highest BCUT2D eigenvalue weighted by molar-refractivity contribution is 9.11. The zero-order valence-corrected chi connectivity index (χ0v) is 14.3. The number of hydrogen-bond donors (Lipinski definition) is 1. The van der Waals surface area contributed by atoms with Crippen LogP contribution < -0.4 is 10.1 Å². The van der Waals surface area contributed by atoms with Crippen LogP contribution in [0.5, 0.6) is 5.75 Å². The molecule has 3 nitrogen and oxygen atoms in total. The van der Waals surface area contributed by atoms with Gasteiger partial charge < -0.3 is 10.1 Å². The van der Waals surface area contributed by atoms with Gasteiger partial charge in [-0.25, -0.2) is 4.39 Å². The fraction of sp³-hybridized carbons (Fsp3) is 0.133. The van der Waals surface area contributed by atoms with Gasteiger partial charge in [-0.2, -0.15) is 5.26 Å². The number of halogens is 3. The Hall–Kier alpha value is -1.58. The Morgan fingerprint density at radius 3 is 2.48 bits per heavy atom. The molecule has 21 heavy (non-hydrogen) atoms. The summed E-state index contributed by atoms with van der Waals surface area (Å²) in [4.78, 5) is 0. The largest absolute Gasteiger partial charge is 0.494 e. The van der Waals surface area contributed by atoms with Gasteiger partial charge in [-0.05, 0) is 67.8 Å². The molecule has 0 aliphatic heterocycles. The fourth-order valence-corrected chi connectivity index (χ4v) is 3.44. The van der Waals surface area contributed by atoms with Crippen molar-refractivity contribution >= 4 is 37.5 Å². The molecule has 0 unspecified atom stereocenters. The van der Waals surface area contributed by atoms with E-state index in [2.05, 4.69) is 37.2 Å². The molecule has 0 spiro atoms. The van der Waals surface area contributed by atoms with E-state index < -0.39 is 5.82 Å². The lowest BCUT2D eigenvalue weighted by atomic mass is 10.2. The Labute approximate surface area is 139 Å². The Kier molecular flexibility index (Phi) is 5.21. The van der Waals surface area contributed by atoms with Crippen molar-refractivity contribution in [3.8, 4) is 11.8 Å². The third-order valence-electron chi connectivity index (χ3n) is 2.85. The van der Waals surface area contributed by atoms with E-state index in [0.29, 0.717) is 12.2 Å². The molecular weight excluding hydrogens is 403 g/mol. The zero-order valence-electron chi connectivity index (χ0n) is 11.1. The van der Waals surface area contributed by atoms with Crippen LogP contribution in [-0.4, -0.2) is 7.11 Å². The van der Waals surface area contributed by atoms with Gasteiger partial charge in [0.15, 0.2) is 0 Å². The molecule has 0 bridgehead atoms. The Balaban J connectivity index is 2.15. The Morgan fingerprint density at radius 2 is 1.90 bits per heavy atom. The van der Waals surface area contributed by atoms with Gasteiger partial charge in [0, 0.05) is 12.2 Å². The summed E-state index contributed by atoms with van der Waals surface area (Å²) >= 11 is 6.88. The first-order chi connectivity index (χ1) is 10.0. The summed E-state index contributed by atoms with van der Waals surface area (Å²) in [5.41, 5.74) is 1.73. The first kappa shape index (κ1) is 15.8. The summed E-state index contributed by atoms with van der Waals surface area (Å²) in [7, 11) is 1.60. The minimum atomic E-state index is -0.516. The quantitative estimate of drug-likeness (QED) is 0.779. The summed E-state index contributed by atoms with van der Waals surface area (Å²) in [5, 5.41) is 12.0. The van der Waals surface area contributed by atoms with E-state index in [-0.39, 0.29) is 5.56 Å². The van der Waals surface area contributed by atoms with Crippen molar-refractivity contribution in [3.63, 3.8) is 0 Å². The number of nitrogens with zero attached hydrogens (tertiary/aromatic N) is 1. The molecule has 2 rings (SSSR count). The minimum absolute atomic E-state index is 0.0251. The molecule has 0 aromatic heterocycles. The minimum Gasteiger partial charge on any atom is -0.494 e. The second-order valence-corrected chi connectivity index (χ2v) is 5.96. The standard InChI is InChI=1S/C15H11Br2FN2O/c1-21-15-12(16)4-9(5-13(15)17)8-20-11-2-3-14(18)10(6-11)7-19/h2-6,20H,8H2,1H3. The van der Waals surface area contributed by atoms with E-state index in [0.717, 1.165) is 20.3 Å². The van der Waals surface area contributed by atoms with E-state index in [1.165, 1.54) is 12.1 Å². The molecular formula is C15H11Br2FN2O. The number of benzene rings is 2. The highest BCUT2D eigenvalue weighted by Gasteiger charge is 2.08. The van der Waals surface area contributed by atoms with Gasteiger partial charge in [-0.15, -0.1) is 0 Å². The maximum absolute atomic E-state index is 13.2. The van der Waals surface area contributed by atoms with Gasteiger partial charge in [0.2, 0.25) is 0 Å². The van der Waals surface area contributed by atoms with Crippen LogP contribution in [0.3, 0.4) is 0 Å². The van der Waals surface area contributed by atoms with Crippen LogP contribution in [0.4, 0.5) is 10.1 Å². The average molecular weight is 414 g/mol. The first-order valence-electron chi connectivity index (χ1n) is 6.00. The van der Waals surface area contributed by atoms with E-state index in [4.69, 9.17) is 10.00 Å². The molecule has 0 heterocycles. The lowest BCUT2D eigenvalue weighted by Gasteiger charge is -2.11. The third-order valence-corrected chi connectivity index (χ3v) is 4.02. The van der Waals surface area contributed by atoms with Crippen LogP contribution in [0.2, 0.25) is 0 Å². The highest BCUT2D eigenvalue weighted by atomic mass is 79.9. The average Bonchev–Trinajstić information content (AvgIpc) is 2.46. The predicted octanol–water partition coefficient (Wildman–Crippen LogP) is 4.84. The van der Waals surface area contributed by atoms with Crippen LogP contribution in [0.1, 0.15) is 11.1 Å². The summed E-state index contributed by atoms with van der Waals surface area (Å²) in [5.74, 6) is 0.213. The molecule has 0 fully saturated rings. The highest BCUT2D eigenvalue weighted by Crippen LogP contribution is 2.34. The molecule has 0 atom stereocenters. The number of ether oxygens (including phenoxy) is 1. The normalized spacial score (nSPS) is 10.0. The monoisotopic (exact) mass is 412 g/mol. The zero-order chi connectivity index (χ0) is 15.4. The molecule has 0 saturated heterocycles. The van der Waals surface area contributed by atoms with Crippen molar-refractivity contribution in [2.75, 3.05) is 12.4 Å². The molecule has 0 amide bonds. The maximum atomic E-state index is 13.2. The van der Waals surface area contributed by atoms with E-state index in [1.54, 1.807) is 13.2 Å². The predicted molar refractivity (Wildman–Crippen MR) is 86.8 cm³/mol. The van der Waals surface area contributed by atoms with Crippen molar-refractivity contribution < 1.29 is 9.13 Å². The second kappa shape index (κ2) is 6.92. The summed E-state index contributed by atoms with van der Waals surface area (Å²) in [6.45, 7) is 0.539. The lowest BCUT2D eigenvalue weighted by Crippen LogP contribution is -2.01. The number of nitrogens with one attached hydrogen (secondary N) is 1. The molecule has 2 aromatic carbocycles. The Morgan fingerprint density at radius 1 is 1.24 bits per heavy atom. The third kappa shape index (κ3) is 3.74. The summed E-state index contributed by atoms with van der Waals surface area (Å²) < 4.78 is 20.2. The molecule has 1 N–H and O–H groups in total. The van der Waals surface area contributed by atoms with Crippen LogP contribution in [0.25, 0.3) is 0 Å². The molecule has 0 aliphatic rings.